The third-order valence-corrected chi connectivity index (χ3v) is 3.23. The number of rotatable bonds is 3. The number of halogens is 1. The predicted octanol–water partition coefficient (Wildman–Crippen LogP) is 2.66. The minimum atomic E-state index is -0.508. The predicted molar refractivity (Wildman–Crippen MR) is 79.5 cm³/mol. The quantitative estimate of drug-likeness (QED) is 0.779. The fraction of sp³-hybridized carbons (Fsp3) is 0.125. The summed E-state index contributed by atoms with van der Waals surface area (Å²) in [5, 5.41) is 9.32. The lowest BCUT2D eigenvalue weighted by atomic mass is 10.2. The molecule has 0 aliphatic carbocycles. The Bertz CT molecular complexity index is 906. The first-order valence-corrected chi connectivity index (χ1v) is 6.65. The van der Waals surface area contributed by atoms with E-state index in [1.807, 2.05) is 0 Å². The van der Waals surface area contributed by atoms with E-state index in [1.54, 1.807) is 31.2 Å². The van der Waals surface area contributed by atoms with Crippen LogP contribution in [0.4, 0.5) is 4.39 Å². The van der Waals surface area contributed by atoms with Crippen LogP contribution in [0.5, 0.6) is 11.5 Å². The molecule has 0 unspecified atom stereocenters. The van der Waals surface area contributed by atoms with E-state index >= 15 is 0 Å². The van der Waals surface area contributed by atoms with Gasteiger partial charge in [0.1, 0.15) is 11.2 Å². The first-order valence-electron chi connectivity index (χ1n) is 6.65. The number of H-pyrrole nitrogens is 1. The minimum Gasteiger partial charge on any atom is -0.452 e. The topological polar surface area (TPSA) is 75.2 Å². The van der Waals surface area contributed by atoms with Gasteiger partial charge in [-0.3, -0.25) is 4.79 Å². The molecule has 0 saturated heterocycles. The standard InChI is InChI=1S/C16H13FN2O3/c1-9-16(21)19-12-6-10(8-20)7-14(15(12)18-9)22-13-5-3-2-4-11(13)17/h2-7,20H,8H2,1H3,(H,19,21). The van der Waals surface area contributed by atoms with Crippen LogP contribution in [0.2, 0.25) is 0 Å². The first-order chi connectivity index (χ1) is 10.6. The Balaban J connectivity index is 2.21. The van der Waals surface area contributed by atoms with Crippen LogP contribution in [0.25, 0.3) is 11.0 Å². The van der Waals surface area contributed by atoms with Crippen LogP contribution < -0.4 is 10.3 Å². The highest BCUT2D eigenvalue weighted by molar-refractivity contribution is 5.82. The molecule has 0 fully saturated rings. The molecule has 2 N–H and O–H groups in total. The second-order valence-corrected chi connectivity index (χ2v) is 4.83. The summed E-state index contributed by atoms with van der Waals surface area (Å²) >= 11 is 0. The van der Waals surface area contributed by atoms with Crippen molar-refractivity contribution >= 4 is 11.0 Å². The fourth-order valence-corrected chi connectivity index (χ4v) is 2.12. The van der Waals surface area contributed by atoms with Gasteiger partial charge in [0.15, 0.2) is 17.3 Å². The molecule has 1 heterocycles. The van der Waals surface area contributed by atoms with Crippen molar-refractivity contribution in [1.82, 2.24) is 9.97 Å². The molecule has 0 aliphatic heterocycles. The lowest BCUT2D eigenvalue weighted by Crippen LogP contribution is -2.12. The molecule has 5 nitrogen and oxygen atoms in total. The van der Waals surface area contributed by atoms with Crippen LogP contribution in [0.1, 0.15) is 11.3 Å². The van der Waals surface area contributed by atoms with Gasteiger partial charge in [-0.05, 0) is 36.8 Å². The van der Waals surface area contributed by atoms with E-state index in [1.165, 1.54) is 12.1 Å². The molecule has 0 aliphatic rings. The van der Waals surface area contributed by atoms with E-state index in [4.69, 9.17) is 4.74 Å². The largest absolute Gasteiger partial charge is 0.452 e. The second kappa shape index (κ2) is 5.57. The van der Waals surface area contributed by atoms with Crippen molar-refractivity contribution in [2.45, 2.75) is 13.5 Å². The normalized spacial score (nSPS) is 10.9. The maximum atomic E-state index is 13.7. The van der Waals surface area contributed by atoms with Crippen molar-refractivity contribution in [2.75, 3.05) is 0 Å². The van der Waals surface area contributed by atoms with Crippen molar-refractivity contribution in [3.05, 3.63) is 63.8 Å². The molecule has 2 aromatic carbocycles. The maximum absolute atomic E-state index is 13.7. The molecule has 0 amide bonds. The summed E-state index contributed by atoms with van der Waals surface area (Å²) in [6.07, 6.45) is 0. The van der Waals surface area contributed by atoms with Crippen LogP contribution in [-0.2, 0) is 6.61 Å². The zero-order valence-corrected chi connectivity index (χ0v) is 11.8. The molecule has 112 valence electrons. The number of ether oxygens (including phenoxy) is 1. The highest BCUT2D eigenvalue weighted by Gasteiger charge is 2.12. The molecule has 0 spiro atoms. The molecule has 0 radical (unpaired) electrons. The number of aromatic amines is 1. The maximum Gasteiger partial charge on any atom is 0.269 e. The third kappa shape index (κ3) is 2.56. The molecule has 22 heavy (non-hydrogen) atoms. The number of benzene rings is 2. The Morgan fingerprint density at radius 1 is 1.27 bits per heavy atom. The first kappa shape index (κ1) is 14.2. The number of fused-ring (bicyclic) bond motifs is 1. The molecule has 1 aromatic heterocycles. The highest BCUT2D eigenvalue weighted by atomic mass is 19.1. The van der Waals surface area contributed by atoms with Gasteiger partial charge in [-0.15, -0.1) is 0 Å². The number of hydrogen-bond donors (Lipinski definition) is 2. The van der Waals surface area contributed by atoms with Crippen LogP contribution in [-0.4, -0.2) is 15.1 Å². The molecule has 0 bridgehead atoms. The Morgan fingerprint density at radius 2 is 2.05 bits per heavy atom. The summed E-state index contributed by atoms with van der Waals surface area (Å²) in [6.45, 7) is 1.34. The van der Waals surface area contributed by atoms with Gasteiger partial charge in [-0.2, -0.15) is 0 Å². The van der Waals surface area contributed by atoms with E-state index in [-0.39, 0.29) is 29.4 Å². The Labute approximate surface area is 125 Å². The van der Waals surface area contributed by atoms with Gasteiger partial charge in [0, 0.05) is 0 Å². The van der Waals surface area contributed by atoms with E-state index in [9.17, 15) is 14.3 Å². The number of hydrogen-bond acceptors (Lipinski definition) is 4. The van der Waals surface area contributed by atoms with Crippen LogP contribution >= 0.6 is 0 Å². The van der Waals surface area contributed by atoms with E-state index in [2.05, 4.69) is 9.97 Å². The molecular weight excluding hydrogens is 287 g/mol. The summed E-state index contributed by atoms with van der Waals surface area (Å²) in [5.41, 5.74) is 1.31. The van der Waals surface area contributed by atoms with Crippen molar-refractivity contribution in [3.63, 3.8) is 0 Å². The van der Waals surface area contributed by atoms with E-state index in [0.717, 1.165) is 0 Å². The summed E-state index contributed by atoms with van der Waals surface area (Å²) in [7, 11) is 0. The minimum absolute atomic E-state index is 0.0459. The number of nitrogens with one attached hydrogen (secondary N) is 1. The Morgan fingerprint density at radius 3 is 2.77 bits per heavy atom. The molecule has 0 atom stereocenters. The summed E-state index contributed by atoms with van der Waals surface area (Å²) in [6, 6.07) is 9.16. The van der Waals surface area contributed by atoms with Gasteiger partial charge in [0.25, 0.3) is 5.56 Å². The summed E-state index contributed by atoms with van der Waals surface area (Å²) in [4.78, 5) is 18.5. The SMILES string of the molecule is Cc1nc2c(Oc3ccccc3F)cc(CO)cc2[nH]c1=O. The van der Waals surface area contributed by atoms with Crippen molar-refractivity contribution in [3.8, 4) is 11.5 Å². The lowest BCUT2D eigenvalue weighted by Gasteiger charge is -2.11. The monoisotopic (exact) mass is 300 g/mol. The number of aliphatic hydroxyl groups is 1. The molecular formula is C16H13FN2O3. The highest BCUT2D eigenvalue weighted by Crippen LogP contribution is 2.30. The summed E-state index contributed by atoms with van der Waals surface area (Å²) < 4.78 is 19.3. The van der Waals surface area contributed by atoms with Crippen LogP contribution in [0, 0.1) is 12.7 Å². The van der Waals surface area contributed by atoms with Crippen LogP contribution in [0.3, 0.4) is 0 Å². The zero-order valence-electron chi connectivity index (χ0n) is 11.8. The van der Waals surface area contributed by atoms with E-state index in [0.29, 0.717) is 16.6 Å². The van der Waals surface area contributed by atoms with Crippen molar-refractivity contribution in [1.29, 1.82) is 0 Å². The average molecular weight is 300 g/mol. The van der Waals surface area contributed by atoms with E-state index < -0.39 is 5.82 Å². The van der Waals surface area contributed by atoms with Gasteiger partial charge in [-0.1, -0.05) is 12.1 Å². The lowest BCUT2D eigenvalue weighted by molar-refractivity contribution is 0.281. The number of para-hydroxylation sites is 1. The molecule has 3 aromatic rings. The van der Waals surface area contributed by atoms with Crippen LogP contribution in [0.15, 0.2) is 41.2 Å². The van der Waals surface area contributed by atoms with Gasteiger partial charge in [0.2, 0.25) is 0 Å². The fourth-order valence-electron chi connectivity index (χ4n) is 2.12. The number of nitrogens with zero attached hydrogens (tertiary/aromatic N) is 1. The molecule has 0 saturated carbocycles. The van der Waals surface area contributed by atoms with Gasteiger partial charge in [0.05, 0.1) is 12.1 Å². The average Bonchev–Trinajstić information content (AvgIpc) is 2.51. The molecule has 6 heteroatoms. The smallest absolute Gasteiger partial charge is 0.269 e. The number of aryl methyl sites for hydroxylation is 1. The number of aliphatic hydroxyl groups excluding tert-OH is 1. The second-order valence-electron chi connectivity index (χ2n) is 4.83. The van der Waals surface area contributed by atoms with Gasteiger partial charge < -0.3 is 14.8 Å². The van der Waals surface area contributed by atoms with Crippen molar-refractivity contribution < 1.29 is 14.2 Å². The van der Waals surface area contributed by atoms with Gasteiger partial charge >= 0.3 is 0 Å². The zero-order chi connectivity index (χ0) is 15.7. The Kier molecular flexibility index (Phi) is 3.60. The summed E-state index contributed by atoms with van der Waals surface area (Å²) in [5.74, 6) is -0.193. The Hall–Kier alpha value is -2.73. The van der Waals surface area contributed by atoms with Crippen molar-refractivity contribution in [2.24, 2.45) is 0 Å². The number of aromatic nitrogens is 2. The third-order valence-electron chi connectivity index (χ3n) is 3.23. The van der Waals surface area contributed by atoms with Gasteiger partial charge in [-0.25, -0.2) is 9.37 Å². The molecule has 3 rings (SSSR count).